The summed E-state index contributed by atoms with van der Waals surface area (Å²) in [5.41, 5.74) is 0. The first-order chi connectivity index (χ1) is 5.74. The average molecular weight is 233 g/mol. The molecule has 0 saturated heterocycles. The van der Waals surface area contributed by atoms with Gasteiger partial charge in [0, 0.05) is 5.33 Å². The summed E-state index contributed by atoms with van der Waals surface area (Å²) in [5.74, 6) is -0.00486. The number of halogens is 2. The van der Waals surface area contributed by atoms with E-state index in [1.165, 1.54) is 6.07 Å². The Morgan fingerprint density at radius 2 is 2.17 bits per heavy atom. The lowest BCUT2D eigenvalue weighted by Gasteiger charge is -2.11. The molecule has 0 bridgehead atoms. The Hall–Kier alpha value is -0.570. The molecule has 0 heterocycles. The van der Waals surface area contributed by atoms with Crippen molar-refractivity contribution in [3.63, 3.8) is 0 Å². The van der Waals surface area contributed by atoms with Gasteiger partial charge in [-0.3, -0.25) is 0 Å². The molecule has 0 radical (unpaired) electrons. The summed E-state index contributed by atoms with van der Waals surface area (Å²) in [6.07, 6.45) is -0.0121. The zero-order valence-electron chi connectivity index (χ0n) is 6.76. The maximum atomic E-state index is 12.9. The van der Waals surface area contributed by atoms with Crippen molar-refractivity contribution in [2.45, 2.75) is 13.0 Å². The summed E-state index contributed by atoms with van der Waals surface area (Å²) in [6.45, 7) is 1.88. The molecule has 3 heteroatoms. The number of benzene rings is 1. The highest BCUT2D eigenvalue weighted by molar-refractivity contribution is 9.09. The first-order valence-corrected chi connectivity index (χ1v) is 4.83. The number of alkyl halides is 1. The molecule has 0 aromatic heterocycles. The topological polar surface area (TPSA) is 9.23 Å². The van der Waals surface area contributed by atoms with Crippen molar-refractivity contribution >= 4 is 15.9 Å². The van der Waals surface area contributed by atoms with Crippen LogP contribution in [-0.2, 0) is 0 Å². The van der Waals surface area contributed by atoms with Crippen LogP contribution < -0.4 is 4.74 Å². The monoisotopic (exact) mass is 232 g/mol. The van der Waals surface area contributed by atoms with Crippen LogP contribution in [-0.4, -0.2) is 11.4 Å². The molecular formula is C9H10BrFO. The van der Waals surface area contributed by atoms with Gasteiger partial charge in [0.1, 0.15) is 6.10 Å². The predicted octanol–water partition coefficient (Wildman–Crippen LogP) is 2.99. The van der Waals surface area contributed by atoms with Crippen LogP contribution in [0.1, 0.15) is 6.92 Å². The van der Waals surface area contributed by atoms with E-state index in [0.717, 1.165) is 0 Å². The number of ether oxygens (including phenoxy) is 1. The Bertz CT molecular complexity index is 252. The SMILES string of the molecule is C[C@H](CBr)Oc1ccccc1F. The van der Waals surface area contributed by atoms with Gasteiger partial charge in [-0.05, 0) is 19.1 Å². The molecule has 0 N–H and O–H groups in total. The summed E-state index contributed by atoms with van der Waals surface area (Å²) in [4.78, 5) is 0. The molecule has 1 rings (SSSR count). The van der Waals surface area contributed by atoms with Gasteiger partial charge < -0.3 is 4.74 Å². The third kappa shape index (κ3) is 2.48. The molecule has 1 nitrogen and oxygen atoms in total. The second-order valence-electron chi connectivity index (χ2n) is 2.51. The van der Waals surface area contributed by atoms with Gasteiger partial charge in [0.05, 0.1) is 0 Å². The summed E-state index contributed by atoms with van der Waals surface area (Å²) < 4.78 is 18.2. The van der Waals surface area contributed by atoms with Crippen molar-refractivity contribution in [2.75, 3.05) is 5.33 Å². The van der Waals surface area contributed by atoms with Gasteiger partial charge in [-0.2, -0.15) is 0 Å². The second-order valence-corrected chi connectivity index (χ2v) is 3.16. The molecular weight excluding hydrogens is 223 g/mol. The molecule has 0 spiro atoms. The van der Waals surface area contributed by atoms with Crippen molar-refractivity contribution in [1.29, 1.82) is 0 Å². The molecule has 0 fully saturated rings. The van der Waals surface area contributed by atoms with E-state index in [9.17, 15) is 4.39 Å². The zero-order valence-corrected chi connectivity index (χ0v) is 8.34. The van der Waals surface area contributed by atoms with Gasteiger partial charge in [-0.15, -0.1) is 0 Å². The van der Waals surface area contributed by atoms with Crippen LogP contribution in [0.5, 0.6) is 5.75 Å². The number of rotatable bonds is 3. The van der Waals surface area contributed by atoms with E-state index in [1.54, 1.807) is 18.2 Å². The smallest absolute Gasteiger partial charge is 0.165 e. The molecule has 0 saturated carbocycles. The van der Waals surface area contributed by atoms with Crippen molar-refractivity contribution in [1.82, 2.24) is 0 Å². The van der Waals surface area contributed by atoms with Gasteiger partial charge in [0.25, 0.3) is 0 Å². The van der Waals surface area contributed by atoms with Gasteiger partial charge in [0.2, 0.25) is 0 Å². The number of para-hydroxylation sites is 1. The standard InChI is InChI=1S/C9H10BrFO/c1-7(6-10)12-9-5-3-2-4-8(9)11/h2-5,7H,6H2,1H3/t7-/m1/s1. The molecule has 0 aliphatic carbocycles. The summed E-state index contributed by atoms with van der Waals surface area (Å²) in [7, 11) is 0. The first-order valence-electron chi connectivity index (χ1n) is 3.71. The van der Waals surface area contributed by atoms with E-state index >= 15 is 0 Å². The van der Waals surface area contributed by atoms with Crippen LogP contribution in [0.4, 0.5) is 4.39 Å². The first kappa shape index (κ1) is 9.52. The lowest BCUT2D eigenvalue weighted by Crippen LogP contribution is -2.13. The summed E-state index contributed by atoms with van der Waals surface area (Å²) >= 11 is 3.25. The van der Waals surface area contributed by atoms with Crippen molar-refractivity contribution < 1.29 is 9.13 Å². The summed E-state index contributed by atoms with van der Waals surface area (Å²) in [5, 5.41) is 0.696. The molecule has 12 heavy (non-hydrogen) atoms. The number of hydrogen-bond donors (Lipinski definition) is 0. The van der Waals surface area contributed by atoms with E-state index in [1.807, 2.05) is 6.92 Å². The van der Waals surface area contributed by atoms with Gasteiger partial charge in [-0.25, -0.2) is 4.39 Å². The van der Waals surface area contributed by atoms with E-state index in [-0.39, 0.29) is 11.9 Å². The Morgan fingerprint density at radius 3 is 2.75 bits per heavy atom. The zero-order chi connectivity index (χ0) is 8.97. The van der Waals surface area contributed by atoms with Crippen molar-refractivity contribution in [2.24, 2.45) is 0 Å². The van der Waals surface area contributed by atoms with Gasteiger partial charge >= 0.3 is 0 Å². The molecule has 0 amide bonds. The fraction of sp³-hybridized carbons (Fsp3) is 0.333. The third-order valence-corrected chi connectivity index (χ3v) is 2.29. The normalized spacial score (nSPS) is 12.6. The van der Waals surface area contributed by atoms with Crippen LogP contribution in [0.15, 0.2) is 24.3 Å². The van der Waals surface area contributed by atoms with Gasteiger partial charge in [0.15, 0.2) is 11.6 Å². The summed E-state index contributed by atoms with van der Waals surface area (Å²) in [6, 6.07) is 6.39. The van der Waals surface area contributed by atoms with Crippen molar-refractivity contribution in [3.05, 3.63) is 30.1 Å². The van der Waals surface area contributed by atoms with E-state index in [4.69, 9.17) is 4.74 Å². The highest BCUT2D eigenvalue weighted by Crippen LogP contribution is 2.17. The Labute approximate surface area is 79.7 Å². The lowest BCUT2D eigenvalue weighted by molar-refractivity contribution is 0.236. The average Bonchev–Trinajstić information content (AvgIpc) is 2.09. The molecule has 0 unspecified atom stereocenters. The maximum absolute atomic E-state index is 12.9. The van der Waals surface area contributed by atoms with Crippen LogP contribution in [0.25, 0.3) is 0 Å². The minimum absolute atomic E-state index is 0.0121. The highest BCUT2D eigenvalue weighted by atomic mass is 79.9. The lowest BCUT2D eigenvalue weighted by atomic mass is 10.3. The van der Waals surface area contributed by atoms with Crippen LogP contribution in [0.2, 0.25) is 0 Å². The molecule has 66 valence electrons. The van der Waals surface area contributed by atoms with Crippen LogP contribution >= 0.6 is 15.9 Å². The van der Waals surface area contributed by atoms with Crippen molar-refractivity contribution in [3.8, 4) is 5.75 Å². The Morgan fingerprint density at radius 1 is 1.50 bits per heavy atom. The molecule has 1 atom stereocenters. The van der Waals surface area contributed by atoms with Crippen LogP contribution in [0.3, 0.4) is 0 Å². The molecule has 1 aromatic carbocycles. The largest absolute Gasteiger partial charge is 0.487 e. The minimum atomic E-state index is -0.315. The van der Waals surface area contributed by atoms with E-state index < -0.39 is 0 Å². The molecule has 1 aromatic rings. The maximum Gasteiger partial charge on any atom is 0.165 e. The minimum Gasteiger partial charge on any atom is -0.487 e. The molecule has 0 aliphatic rings. The van der Waals surface area contributed by atoms with E-state index in [0.29, 0.717) is 11.1 Å². The van der Waals surface area contributed by atoms with E-state index in [2.05, 4.69) is 15.9 Å². The quantitative estimate of drug-likeness (QED) is 0.729. The Kier molecular flexibility index (Phi) is 3.53. The van der Waals surface area contributed by atoms with Crippen LogP contribution in [0, 0.1) is 5.82 Å². The Balaban J connectivity index is 2.69. The predicted molar refractivity (Wildman–Crippen MR) is 50.3 cm³/mol. The fourth-order valence-corrected chi connectivity index (χ4v) is 0.921. The fourth-order valence-electron chi connectivity index (χ4n) is 0.789. The third-order valence-electron chi connectivity index (χ3n) is 1.38. The number of hydrogen-bond acceptors (Lipinski definition) is 1. The van der Waals surface area contributed by atoms with Gasteiger partial charge in [-0.1, -0.05) is 28.1 Å². The highest BCUT2D eigenvalue weighted by Gasteiger charge is 2.05. The molecule has 0 aliphatic heterocycles. The second kappa shape index (κ2) is 4.45.